The second-order valence-corrected chi connectivity index (χ2v) is 9.51. The molecule has 172 valence electrons. The Hall–Kier alpha value is -3.60. The number of aromatic nitrogens is 3. The van der Waals surface area contributed by atoms with Gasteiger partial charge in [0.2, 0.25) is 5.89 Å². The Morgan fingerprint density at radius 2 is 1.97 bits per heavy atom. The van der Waals surface area contributed by atoms with Crippen LogP contribution in [0.1, 0.15) is 43.8 Å². The topological polar surface area (TPSA) is 129 Å². The maximum atomic E-state index is 12.8. The van der Waals surface area contributed by atoms with Gasteiger partial charge in [-0.1, -0.05) is 11.6 Å². The van der Waals surface area contributed by atoms with Gasteiger partial charge in [-0.05, 0) is 56.2 Å². The number of sulfonamides is 1. The number of oxazole rings is 1. The third-order valence-electron chi connectivity index (χ3n) is 5.61. The highest BCUT2D eigenvalue weighted by Gasteiger charge is 2.26. The Bertz CT molecular complexity index is 1450. The monoisotopic (exact) mass is 470 g/mol. The Morgan fingerprint density at radius 3 is 2.67 bits per heavy atom. The summed E-state index contributed by atoms with van der Waals surface area (Å²) in [5.41, 5.74) is 0.976. The van der Waals surface area contributed by atoms with Crippen LogP contribution >= 0.6 is 0 Å². The first-order valence-electron chi connectivity index (χ1n) is 10.6. The fourth-order valence-corrected chi connectivity index (χ4v) is 4.73. The van der Waals surface area contributed by atoms with Crippen molar-refractivity contribution in [3.05, 3.63) is 64.7 Å². The second-order valence-electron chi connectivity index (χ2n) is 7.82. The normalized spacial score (nSPS) is 14.3. The first-order chi connectivity index (χ1) is 15.9. The van der Waals surface area contributed by atoms with E-state index in [0.717, 1.165) is 19.3 Å². The molecule has 0 atom stereocenters. The minimum atomic E-state index is -3.90. The van der Waals surface area contributed by atoms with E-state index in [2.05, 4.69) is 14.9 Å². The molecule has 0 unspecified atom stereocenters. The van der Waals surface area contributed by atoms with Crippen LogP contribution in [0.2, 0.25) is 0 Å². The molecule has 2 heterocycles. The second kappa shape index (κ2) is 8.39. The summed E-state index contributed by atoms with van der Waals surface area (Å²) in [7, 11) is -3.90. The predicted octanol–water partition coefficient (Wildman–Crippen LogP) is 3.49. The standard InChI is InChI=1S/C22H22N4O6S/c1-2-30-16-8-6-15(7-9-16)25-33(28,29)17-10-11-18-19(12-17)31-22(27)26(18)13-20-23-21(32-24-20)14-4-3-5-14/h6-12,14,25H,2-5,13H2,1H3. The van der Waals surface area contributed by atoms with Gasteiger partial charge in [-0.25, -0.2) is 13.2 Å². The molecule has 33 heavy (non-hydrogen) atoms. The van der Waals surface area contributed by atoms with Crippen LogP contribution < -0.4 is 15.2 Å². The van der Waals surface area contributed by atoms with Gasteiger partial charge in [-0.2, -0.15) is 4.98 Å². The molecule has 2 aromatic heterocycles. The maximum Gasteiger partial charge on any atom is 0.420 e. The van der Waals surface area contributed by atoms with Crippen molar-refractivity contribution in [2.75, 3.05) is 11.3 Å². The van der Waals surface area contributed by atoms with Crippen LogP contribution in [0.5, 0.6) is 5.75 Å². The van der Waals surface area contributed by atoms with E-state index in [9.17, 15) is 13.2 Å². The van der Waals surface area contributed by atoms with Crippen molar-refractivity contribution in [3.8, 4) is 5.75 Å². The molecule has 0 saturated heterocycles. The van der Waals surface area contributed by atoms with Crippen LogP contribution in [0.25, 0.3) is 11.1 Å². The van der Waals surface area contributed by atoms with E-state index >= 15 is 0 Å². The average Bonchev–Trinajstić information content (AvgIpc) is 3.32. The Labute approximate surface area is 189 Å². The summed E-state index contributed by atoms with van der Waals surface area (Å²) >= 11 is 0. The van der Waals surface area contributed by atoms with Crippen LogP contribution in [-0.2, 0) is 16.6 Å². The van der Waals surface area contributed by atoms with Crippen molar-refractivity contribution in [1.29, 1.82) is 0 Å². The van der Waals surface area contributed by atoms with Gasteiger partial charge in [-0.15, -0.1) is 0 Å². The summed E-state index contributed by atoms with van der Waals surface area (Å²) in [6.45, 7) is 2.45. The van der Waals surface area contributed by atoms with Gasteiger partial charge < -0.3 is 13.7 Å². The number of nitrogens with zero attached hydrogens (tertiary/aromatic N) is 3. The van der Waals surface area contributed by atoms with Crippen molar-refractivity contribution in [3.63, 3.8) is 0 Å². The van der Waals surface area contributed by atoms with Crippen molar-refractivity contribution < 1.29 is 22.1 Å². The lowest BCUT2D eigenvalue weighted by molar-refractivity contribution is 0.291. The maximum absolute atomic E-state index is 12.8. The fourth-order valence-electron chi connectivity index (χ4n) is 3.66. The third kappa shape index (κ3) is 4.23. The summed E-state index contributed by atoms with van der Waals surface area (Å²) in [4.78, 5) is 16.8. The van der Waals surface area contributed by atoms with Gasteiger partial charge >= 0.3 is 5.76 Å². The lowest BCUT2D eigenvalue weighted by Gasteiger charge is -2.20. The Morgan fingerprint density at radius 1 is 1.18 bits per heavy atom. The molecule has 5 rings (SSSR count). The largest absolute Gasteiger partial charge is 0.494 e. The van der Waals surface area contributed by atoms with Crippen molar-refractivity contribution in [2.45, 2.75) is 43.5 Å². The fraction of sp³-hybridized carbons (Fsp3) is 0.318. The number of hydrogen-bond acceptors (Lipinski definition) is 8. The first-order valence-corrected chi connectivity index (χ1v) is 12.1. The molecule has 0 amide bonds. The van der Waals surface area contributed by atoms with E-state index in [4.69, 9.17) is 13.7 Å². The number of fused-ring (bicyclic) bond motifs is 1. The van der Waals surface area contributed by atoms with Gasteiger partial charge in [0.05, 0.1) is 23.6 Å². The molecule has 4 aromatic rings. The molecule has 0 radical (unpaired) electrons. The van der Waals surface area contributed by atoms with E-state index < -0.39 is 15.8 Å². The number of nitrogens with one attached hydrogen (secondary N) is 1. The Balaban J connectivity index is 1.38. The van der Waals surface area contributed by atoms with Gasteiger partial charge in [0.25, 0.3) is 10.0 Å². The zero-order chi connectivity index (χ0) is 23.0. The van der Waals surface area contributed by atoms with E-state index in [1.807, 2.05) is 6.92 Å². The highest BCUT2D eigenvalue weighted by molar-refractivity contribution is 7.92. The van der Waals surface area contributed by atoms with Crippen molar-refractivity contribution >= 4 is 26.8 Å². The van der Waals surface area contributed by atoms with E-state index in [-0.39, 0.29) is 17.0 Å². The SMILES string of the molecule is CCOc1ccc(NS(=O)(=O)c2ccc3c(c2)oc(=O)n3Cc2noc(C3CCC3)n2)cc1. The van der Waals surface area contributed by atoms with Crippen LogP contribution in [-0.4, -0.2) is 29.7 Å². The van der Waals surface area contributed by atoms with Gasteiger partial charge in [0, 0.05) is 17.7 Å². The highest BCUT2D eigenvalue weighted by atomic mass is 32.2. The molecule has 1 fully saturated rings. The molecule has 2 aromatic carbocycles. The van der Waals surface area contributed by atoms with E-state index in [1.54, 1.807) is 24.3 Å². The van der Waals surface area contributed by atoms with E-state index in [0.29, 0.717) is 41.2 Å². The van der Waals surface area contributed by atoms with Crippen LogP contribution in [0.3, 0.4) is 0 Å². The quantitative estimate of drug-likeness (QED) is 0.414. The molecular formula is C22H22N4O6S. The van der Waals surface area contributed by atoms with Crippen LogP contribution in [0, 0.1) is 0 Å². The summed E-state index contributed by atoms with van der Waals surface area (Å²) in [6, 6.07) is 10.8. The van der Waals surface area contributed by atoms with Crippen LogP contribution in [0.4, 0.5) is 5.69 Å². The molecule has 0 bridgehead atoms. The molecule has 10 nitrogen and oxygen atoms in total. The summed E-state index contributed by atoms with van der Waals surface area (Å²) in [5.74, 6) is 1.27. The summed E-state index contributed by atoms with van der Waals surface area (Å²) in [6.07, 6.45) is 3.20. The number of benzene rings is 2. The van der Waals surface area contributed by atoms with Gasteiger partial charge in [-0.3, -0.25) is 9.29 Å². The van der Waals surface area contributed by atoms with Crippen molar-refractivity contribution in [2.24, 2.45) is 0 Å². The minimum Gasteiger partial charge on any atom is -0.494 e. The van der Waals surface area contributed by atoms with E-state index in [1.165, 1.54) is 22.8 Å². The Kier molecular flexibility index (Phi) is 5.41. The zero-order valence-corrected chi connectivity index (χ0v) is 18.7. The molecule has 1 saturated carbocycles. The number of rotatable bonds is 8. The summed E-state index contributed by atoms with van der Waals surface area (Å²) in [5, 5.41) is 3.96. The minimum absolute atomic E-state index is 0.0309. The number of ether oxygens (including phenoxy) is 1. The number of hydrogen-bond donors (Lipinski definition) is 1. The molecule has 1 aliphatic rings. The lowest BCUT2D eigenvalue weighted by atomic mass is 9.85. The number of anilines is 1. The molecule has 0 aliphatic heterocycles. The highest BCUT2D eigenvalue weighted by Crippen LogP contribution is 2.35. The van der Waals surface area contributed by atoms with Gasteiger partial charge in [0.1, 0.15) is 5.75 Å². The average molecular weight is 471 g/mol. The van der Waals surface area contributed by atoms with Gasteiger partial charge in [0.15, 0.2) is 11.4 Å². The van der Waals surface area contributed by atoms with Crippen LogP contribution in [0.15, 0.2) is 61.1 Å². The molecule has 1 N–H and O–H groups in total. The summed E-state index contributed by atoms with van der Waals surface area (Å²) < 4.78 is 45.5. The van der Waals surface area contributed by atoms with Crippen molar-refractivity contribution in [1.82, 2.24) is 14.7 Å². The predicted molar refractivity (Wildman–Crippen MR) is 119 cm³/mol. The molecule has 1 aliphatic carbocycles. The molecular weight excluding hydrogens is 448 g/mol. The lowest BCUT2D eigenvalue weighted by Crippen LogP contribution is -2.16. The molecule has 0 spiro atoms. The zero-order valence-electron chi connectivity index (χ0n) is 17.9. The smallest absolute Gasteiger partial charge is 0.420 e. The third-order valence-corrected chi connectivity index (χ3v) is 6.98. The first kappa shape index (κ1) is 21.3. The molecule has 11 heteroatoms.